The zero-order chi connectivity index (χ0) is 13.0. The van der Waals surface area contributed by atoms with Crippen molar-refractivity contribution in [3.8, 4) is 0 Å². The summed E-state index contributed by atoms with van der Waals surface area (Å²) in [6.07, 6.45) is 1.97. The molecule has 0 saturated carbocycles. The Balaban J connectivity index is 2.11. The maximum absolute atomic E-state index is 12.7. The quantitative estimate of drug-likeness (QED) is 0.796. The van der Waals surface area contributed by atoms with E-state index in [-0.39, 0.29) is 10.6 Å². The number of aryl methyl sites for hydroxylation is 1. The average molecular weight is 265 g/mol. The summed E-state index contributed by atoms with van der Waals surface area (Å²) in [5, 5.41) is 0. The Hall–Kier alpha value is -1.75. The number of sulfone groups is 1. The Morgan fingerprint density at radius 2 is 1.78 bits per heavy atom. The molecule has 18 heavy (non-hydrogen) atoms. The molecular formula is C13H12FNO2S. The fourth-order valence-electron chi connectivity index (χ4n) is 1.54. The standard InChI is InChI=1S/C13H12FNO2S/c14-11-4-6-13(7-5-11)18(16,17)10-8-12-3-1-2-9-15-12/h1-7,9H,8,10H2. The summed E-state index contributed by atoms with van der Waals surface area (Å²) in [5.41, 5.74) is 0.725. The van der Waals surface area contributed by atoms with Gasteiger partial charge in [0.2, 0.25) is 0 Å². The van der Waals surface area contributed by atoms with E-state index >= 15 is 0 Å². The fraction of sp³-hybridized carbons (Fsp3) is 0.154. The molecule has 0 unspecified atom stereocenters. The van der Waals surface area contributed by atoms with Gasteiger partial charge in [-0.2, -0.15) is 0 Å². The first kappa shape index (κ1) is 12.7. The van der Waals surface area contributed by atoms with Gasteiger partial charge in [-0.1, -0.05) is 6.07 Å². The molecule has 0 aliphatic heterocycles. The first-order chi connectivity index (χ1) is 8.58. The van der Waals surface area contributed by atoms with Crippen molar-refractivity contribution in [2.24, 2.45) is 0 Å². The summed E-state index contributed by atoms with van der Waals surface area (Å²) in [4.78, 5) is 4.20. The number of halogens is 1. The molecule has 2 rings (SSSR count). The summed E-state index contributed by atoms with van der Waals surface area (Å²) < 4.78 is 36.7. The van der Waals surface area contributed by atoms with Crippen molar-refractivity contribution in [3.05, 3.63) is 60.2 Å². The molecular weight excluding hydrogens is 253 g/mol. The van der Waals surface area contributed by atoms with Crippen LogP contribution >= 0.6 is 0 Å². The number of pyridine rings is 1. The lowest BCUT2D eigenvalue weighted by Gasteiger charge is -2.04. The van der Waals surface area contributed by atoms with Gasteiger partial charge in [0.25, 0.3) is 0 Å². The molecule has 0 aliphatic carbocycles. The molecule has 0 amide bonds. The molecule has 0 radical (unpaired) electrons. The van der Waals surface area contributed by atoms with Crippen molar-refractivity contribution >= 4 is 9.84 Å². The summed E-state index contributed by atoms with van der Waals surface area (Å²) in [5.74, 6) is -0.478. The van der Waals surface area contributed by atoms with Crippen molar-refractivity contribution in [1.82, 2.24) is 4.98 Å². The molecule has 0 aliphatic rings. The molecule has 0 spiro atoms. The van der Waals surface area contributed by atoms with Crippen molar-refractivity contribution in [2.45, 2.75) is 11.3 Å². The average Bonchev–Trinajstić information content (AvgIpc) is 2.38. The zero-order valence-corrected chi connectivity index (χ0v) is 10.4. The molecule has 0 saturated heterocycles. The molecule has 2 aromatic rings. The van der Waals surface area contributed by atoms with Gasteiger partial charge in [-0.25, -0.2) is 12.8 Å². The first-order valence-corrected chi connectivity index (χ1v) is 7.11. The molecule has 1 aromatic heterocycles. The van der Waals surface area contributed by atoms with Crippen LogP contribution in [0.15, 0.2) is 53.6 Å². The summed E-state index contributed by atoms with van der Waals surface area (Å²) in [6.45, 7) is 0. The molecule has 1 heterocycles. The zero-order valence-electron chi connectivity index (χ0n) is 9.58. The number of nitrogens with zero attached hydrogens (tertiary/aromatic N) is 1. The van der Waals surface area contributed by atoms with E-state index in [2.05, 4.69) is 4.98 Å². The number of hydrogen-bond acceptors (Lipinski definition) is 3. The summed E-state index contributed by atoms with van der Waals surface area (Å²) in [7, 11) is -3.38. The third kappa shape index (κ3) is 3.13. The van der Waals surface area contributed by atoms with Crippen molar-refractivity contribution in [1.29, 1.82) is 0 Å². The molecule has 0 bridgehead atoms. The smallest absolute Gasteiger partial charge is 0.178 e. The predicted octanol–water partition coefficient (Wildman–Crippen LogP) is 2.24. The second-order valence-corrected chi connectivity index (χ2v) is 5.95. The molecule has 5 heteroatoms. The van der Waals surface area contributed by atoms with Gasteiger partial charge in [0.15, 0.2) is 9.84 Å². The van der Waals surface area contributed by atoms with E-state index in [1.807, 2.05) is 6.07 Å². The Kier molecular flexibility index (Phi) is 3.72. The van der Waals surface area contributed by atoms with E-state index in [9.17, 15) is 12.8 Å². The third-order valence-electron chi connectivity index (χ3n) is 2.53. The topological polar surface area (TPSA) is 47.0 Å². The second kappa shape index (κ2) is 5.27. The predicted molar refractivity (Wildman–Crippen MR) is 66.4 cm³/mol. The minimum atomic E-state index is -3.38. The lowest BCUT2D eigenvalue weighted by atomic mass is 10.3. The molecule has 94 valence electrons. The minimum Gasteiger partial charge on any atom is -0.261 e. The van der Waals surface area contributed by atoms with E-state index in [1.165, 1.54) is 12.1 Å². The Labute approximate surface area is 105 Å². The van der Waals surface area contributed by atoms with E-state index in [0.29, 0.717) is 6.42 Å². The van der Waals surface area contributed by atoms with Crippen LogP contribution in [0.2, 0.25) is 0 Å². The largest absolute Gasteiger partial charge is 0.261 e. The van der Waals surface area contributed by atoms with Gasteiger partial charge in [0.1, 0.15) is 5.82 Å². The molecule has 3 nitrogen and oxygen atoms in total. The van der Waals surface area contributed by atoms with Crippen molar-refractivity contribution < 1.29 is 12.8 Å². The number of hydrogen-bond donors (Lipinski definition) is 0. The van der Waals surface area contributed by atoms with Crippen LogP contribution in [0, 0.1) is 5.82 Å². The number of benzene rings is 1. The third-order valence-corrected chi connectivity index (χ3v) is 4.26. The molecule has 0 fully saturated rings. The molecule has 1 aromatic carbocycles. The van der Waals surface area contributed by atoms with Crippen LogP contribution in [-0.4, -0.2) is 19.2 Å². The SMILES string of the molecule is O=S(=O)(CCc1ccccn1)c1ccc(F)cc1. The van der Waals surface area contributed by atoms with Gasteiger partial charge >= 0.3 is 0 Å². The minimum absolute atomic E-state index is 0.0321. The van der Waals surface area contributed by atoms with Crippen LogP contribution in [-0.2, 0) is 16.3 Å². The maximum Gasteiger partial charge on any atom is 0.178 e. The van der Waals surface area contributed by atoms with Gasteiger partial charge in [0, 0.05) is 18.3 Å². The lowest BCUT2D eigenvalue weighted by Crippen LogP contribution is -2.09. The highest BCUT2D eigenvalue weighted by molar-refractivity contribution is 7.91. The summed E-state index contributed by atoms with van der Waals surface area (Å²) >= 11 is 0. The van der Waals surface area contributed by atoms with Gasteiger partial charge in [-0.05, 0) is 36.4 Å². The van der Waals surface area contributed by atoms with Gasteiger partial charge in [0.05, 0.1) is 10.6 Å². The monoisotopic (exact) mass is 265 g/mol. The molecule has 0 N–H and O–H groups in total. The second-order valence-electron chi connectivity index (χ2n) is 3.84. The maximum atomic E-state index is 12.7. The molecule has 0 atom stereocenters. The van der Waals surface area contributed by atoms with Crippen LogP contribution < -0.4 is 0 Å². The lowest BCUT2D eigenvalue weighted by molar-refractivity contribution is 0.593. The van der Waals surface area contributed by atoms with Gasteiger partial charge < -0.3 is 0 Å². The van der Waals surface area contributed by atoms with E-state index in [1.54, 1.807) is 18.3 Å². The van der Waals surface area contributed by atoms with Crippen LogP contribution in [0.25, 0.3) is 0 Å². The van der Waals surface area contributed by atoms with Crippen LogP contribution in [0.4, 0.5) is 4.39 Å². The number of rotatable bonds is 4. The summed E-state index contributed by atoms with van der Waals surface area (Å²) in [6, 6.07) is 10.2. The first-order valence-electron chi connectivity index (χ1n) is 5.46. The van der Waals surface area contributed by atoms with E-state index < -0.39 is 15.7 Å². The highest BCUT2D eigenvalue weighted by Gasteiger charge is 2.14. The van der Waals surface area contributed by atoms with Crippen LogP contribution in [0.1, 0.15) is 5.69 Å². The van der Waals surface area contributed by atoms with Crippen molar-refractivity contribution in [2.75, 3.05) is 5.75 Å². The van der Waals surface area contributed by atoms with Crippen LogP contribution in [0.3, 0.4) is 0 Å². The Morgan fingerprint density at radius 3 is 2.39 bits per heavy atom. The van der Waals surface area contributed by atoms with Gasteiger partial charge in [-0.3, -0.25) is 4.98 Å². The number of aromatic nitrogens is 1. The highest BCUT2D eigenvalue weighted by Crippen LogP contribution is 2.13. The van der Waals surface area contributed by atoms with E-state index in [4.69, 9.17) is 0 Å². The highest BCUT2D eigenvalue weighted by atomic mass is 32.2. The normalized spacial score (nSPS) is 11.4. The van der Waals surface area contributed by atoms with Crippen LogP contribution in [0.5, 0.6) is 0 Å². The Morgan fingerprint density at radius 1 is 1.06 bits per heavy atom. The van der Waals surface area contributed by atoms with E-state index in [0.717, 1.165) is 17.8 Å². The fourth-order valence-corrected chi connectivity index (χ4v) is 2.81. The Bertz CT molecular complexity index is 609. The van der Waals surface area contributed by atoms with Gasteiger partial charge in [-0.15, -0.1) is 0 Å². The van der Waals surface area contributed by atoms with Crippen molar-refractivity contribution in [3.63, 3.8) is 0 Å².